The lowest BCUT2D eigenvalue weighted by atomic mass is 10.2. The van der Waals surface area contributed by atoms with Gasteiger partial charge in [-0.3, -0.25) is 5.84 Å². The molecule has 3 N–H and O–H groups in total. The van der Waals surface area contributed by atoms with E-state index in [1.54, 1.807) is 6.20 Å². The van der Waals surface area contributed by atoms with Crippen LogP contribution in [0.2, 0.25) is 4.34 Å². The van der Waals surface area contributed by atoms with E-state index in [0.717, 1.165) is 20.7 Å². The summed E-state index contributed by atoms with van der Waals surface area (Å²) in [4.78, 5) is 9.43. The number of nitrogens with zero attached hydrogens (tertiary/aromatic N) is 2. The maximum Gasteiger partial charge on any atom is 0.125 e. The Balaban J connectivity index is 2.36. The molecule has 0 bridgehead atoms. The lowest BCUT2D eigenvalue weighted by Gasteiger charge is -2.13. The molecule has 84 valence electrons. The van der Waals surface area contributed by atoms with Gasteiger partial charge >= 0.3 is 0 Å². The summed E-state index contributed by atoms with van der Waals surface area (Å²) in [7, 11) is 0. The molecule has 2 aromatic rings. The molecular formula is C10H11ClN4S. The van der Waals surface area contributed by atoms with E-state index in [2.05, 4.69) is 15.4 Å². The number of hydrogen-bond donors (Lipinski definition) is 2. The highest BCUT2D eigenvalue weighted by Crippen LogP contribution is 2.29. The van der Waals surface area contributed by atoms with E-state index in [0.29, 0.717) is 0 Å². The predicted octanol–water partition coefficient (Wildman–Crippen LogP) is 2.05. The second-order valence-electron chi connectivity index (χ2n) is 3.27. The summed E-state index contributed by atoms with van der Waals surface area (Å²) in [5, 5.41) is 0. The normalized spacial score (nSPS) is 12.7. The van der Waals surface area contributed by atoms with Crippen LogP contribution in [0.1, 0.15) is 22.4 Å². The fourth-order valence-corrected chi connectivity index (χ4v) is 2.57. The minimum atomic E-state index is -0.140. The third-order valence-corrected chi connectivity index (χ3v) is 3.43. The second kappa shape index (κ2) is 4.88. The molecular weight excluding hydrogens is 244 g/mol. The average Bonchev–Trinajstić information content (AvgIpc) is 2.66. The Hall–Kier alpha value is -1.01. The molecule has 1 atom stereocenters. The molecule has 4 nitrogen and oxygen atoms in total. The van der Waals surface area contributed by atoms with E-state index in [-0.39, 0.29) is 6.04 Å². The number of aromatic nitrogens is 2. The molecule has 6 heteroatoms. The highest BCUT2D eigenvalue weighted by molar-refractivity contribution is 7.16. The van der Waals surface area contributed by atoms with Crippen LogP contribution in [-0.2, 0) is 0 Å². The monoisotopic (exact) mass is 254 g/mol. The molecule has 0 saturated carbocycles. The molecule has 2 heterocycles. The first-order valence-corrected chi connectivity index (χ1v) is 5.91. The van der Waals surface area contributed by atoms with Crippen molar-refractivity contribution in [3.05, 3.63) is 45.1 Å². The van der Waals surface area contributed by atoms with Gasteiger partial charge < -0.3 is 0 Å². The van der Waals surface area contributed by atoms with Crippen LogP contribution in [0.5, 0.6) is 0 Å². The lowest BCUT2D eigenvalue weighted by Crippen LogP contribution is -2.29. The van der Waals surface area contributed by atoms with Crippen molar-refractivity contribution in [2.24, 2.45) is 5.84 Å². The SMILES string of the molecule is Cc1nccc(C(NN)c2ccc(Cl)s2)n1. The number of nitrogens with one attached hydrogen (secondary N) is 1. The molecule has 0 radical (unpaired) electrons. The number of aryl methyl sites for hydroxylation is 1. The van der Waals surface area contributed by atoms with E-state index < -0.39 is 0 Å². The van der Waals surface area contributed by atoms with Crippen molar-refractivity contribution in [2.75, 3.05) is 0 Å². The van der Waals surface area contributed by atoms with Crippen molar-refractivity contribution < 1.29 is 0 Å². The van der Waals surface area contributed by atoms with E-state index in [9.17, 15) is 0 Å². The second-order valence-corrected chi connectivity index (χ2v) is 5.02. The van der Waals surface area contributed by atoms with E-state index in [1.165, 1.54) is 11.3 Å². The van der Waals surface area contributed by atoms with Gasteiger partial charge in [0, 0.05) is 11.1 Å². The Morgan fingerprint density at radius 2 is 2.25 bits per heavy atom. The average molecular weight is 255 g/mol. The number of nitrogens with two attached hydrogens (primary N) is 1. The molecule has 0 aromatic carbocycles. The molecule has 2 aromatic heterocycles. The fourth-order valence-electron chi connectivity index (χ4n) is 1.43. The Morgan fingerprint density at radius 3 is 2.81 bits per heavy atom. The maximum atomic E-state index is 5.90. The molecule has 0 aliphatic carbocycles. The first-order valence-electron chi connectivity index (χ1n) is 4.71. The van der Waals surface area contributed by atoms with Crippen LogP contribution in [0.4, 0.5) is 0 Å². The summed E-state index contributed by atoms with van der Waals surface area (Å²) in [5.41, 5.74) is 3.58. The van der Waals surface area contributed by atoms with Crippen LogP contribution in [0.15, 0.2) is 24.4 Å². The minimum Gasteiger partial charge on any atom is -0.270 e. The number of rotatable bonds is 3. The fraction of sp³-hybridized carbons (Fsp3) is 0.200. The Kier molecular flexibility index (Phi) is 3.50. The maximum absolute atomic E-state index is 5.90. The quantitative estimate of drug-likeness (QED) is 0.650. The van der Waals surface area contributed by atoms with Gasteiger partial charge in [0.2, 0.25) is 0 Å². The minimum absolute atomic E-state index is 0.140. The zero-order chi connectivity index (χ0) is 11.5. The van der Waals surface area contributed by atoms with Crippen LogP contribution in [-0.4, -0.2) is 9.97 Å². The van der Waals surface area contributed by atoms with E-state index >= 15 is 0 Å². The number of thiophene rings is 1. The summed E-state index contributed by atoms with van der Waals surface area (Å²) in [6.07, 6.45) is 1.72. The van der Waals surface area contributed by atoms with Crippen molar-refractivity contribution in [3.8, 4) is 0 Å². The summed E-state index contributed by atoms with van der Waals surface area (Å²) >= 11 is 7.38. The number of hydrazine groups is 1. The topological polar surface area (TPSA) is 63.8 Å². The van der Waals surface area contributed by atoms with Gasteiger partial charge in [-0.15, -0.1) is 11.3 Å². The lowest BCUT2D eigenvalue weighted by molar-refractivity contribution is 0.625. The summed E-state index contributed by atoms with van der Waals surface area (Å²) in [5.74, 6) is 6.27. The molecule has 0 aliphatic heterocycles. The largest absolute Gasteiger partial charge is 0.270 e. The molecule has 0 aliphatic rings. The van der Waals surface area contributed by atoms with E-state index in [4.69, 9.17) is 17.4 Å². The zero-order valence-corrected chi connectivity index (χ0v) is 10.2. The number of hydrogen-bond acceptors (Lipinski definition) is 5. The van der Waals surface area contributed by atoms with Crippen LogP contribution in [0.3, 0.4) is 0 Å². The first-order chi connectivity index (χ1) is 7.70. The third kappa shape index (κ3) is 2.38. The van der Waals surface area contributed by atoms with Gasteiger partial charge in [-0.2, -0.15) is 0 Å². The Bertz CT molecular complexity index is 485. The molecule has 0 fully saturated rings. The van der Waals surface area contributed by atoms with Gasteiger partial charge in [-0.05, 0) is 25.1 Å². The van der Waals surface area contributed by atoms with Gasteiger partial charge in [0.25, 0.3) is 0 Å². The van der Waals surface area contributed by atoms with Crippen molar-refractivity contribution in [2.45, 2.75) is 13.0 Å². The van der Waals surface area contributed by atoms with Crippen molar-refractivity contribution in [1.82, 2.24) is 15.4 Å². The van der Waals surface area contributed by atoms with Crippen molar-refractivity contribution in [3.63, 3.8) is 0 Å². The van der Waals surface area contributed by atoms with Crippen LogP contribution < -0.4 is 11.3 Å². The molecule has 0 spiro atoms. The van der Waals surface area contributed by atoms with Gasteiger partial charge in [-0.25, -0.2) is 15.4 Å². The standard InChI is InChI=1S/C10H11ClN4S/c1-6-13-5-4-7(14-6)10(15-12)8-2-3-9(11)16-8/h2-5,10,15H,12H2,1H3. The molecule has 0 amide bonds. The third-order valence-electron chi connectivity index (χ3n) is 2.14. The van der Waals surface area contributed by atoms with Crippen LogP contribution in [0, 0.1) is 6.92 Å². The van der Waals surface area contributed by atoms with Crippen molar-refractivity contribution in [1.29, 1.82) is 0 Å². The molecule has 0 saturated heterocycles. The van der Waals surface area contributed by atoms with E-state index in [1.807, 2.05) is 25.1 Å². The smallest absolute Gasteiger partial charge is 0.125 e. The molecule has 1 unspecified atom stereocenters. The Morgan fingerprint density at radius 1 is 1.44 bits per heavy atom. The highest BCUT2D eigenvalue weighted by Gasteiger charge is 2.16. The molecule has 16 heavy (non-hydrogen) atoms. The summed E-state index contributed by atoms with van der Waals surface area (Å²) in [6, 6.07) is 5.49. The van der Waals surface area contributed by atoms with Crippen molar-refractivity contribution >= 4 is 22.9 Å². The predicted molar refractivity (Wildman–Crippen MR) is 65.3 cm³/mol. The number of halogens is 1. The van der Waals surface area contributed by atoms with Gasteiger partial charge in [0.15, 0.2) is 0 Å². The highest BCUT2D eigenvalue weighted by atomic mass is 35.5. The van der Waals surface area contributed by atoms with Gasteiger partial charge in [-0.1, -0.05) is 11.6 Å². The zero-order valence-electron chi connectivity index (χ0n) is 8.64. The van der Waals surface area contributed by atoms with Gasteiger partial charge in [0.1, 0.15) is 5.82 Å². The van der Waals surface area contributed by atoms with Gasteiger partial charge in [0.05, 0.1) is 16.1 Å². The van der Waals surface area contributed by atoms with Crippen LogP contribution in [0.25, 0.3) is 0 Å². The summed E-state index contributed by atoms with van der Waals surface area (Å²) in [6.45, 7) is 1.85. The van der Waals surface area contributed by atoms with Crippen LogP contribution >= 0.6 is 22.9 Å². The molecule has 2 rings (SSSR count). The first kappa shape index (κ1) is 11.5. The summed E-state index contributed by atoms with van der Waals surface area (Å²) < 4.78 is 0.737. The Labute approximate surface area is 102 Å².